The second-order valence-electron chi connectivity index (χ2n) is 8.17. The maximum Gasteiger partial charge on any atom is 0.241 e. The van der Waals surface area contributed by atoms with Crippen molar-refractivity contribution in [2.45, 2.75) is 57.6 Å². The number of aromatic nitrogens is 6. The summed E-state index contributed by atoms with van der Waals surface area (Å²) in [4.78, 5) is 13.4. The van der Waals surface area contributed by atoms with Crippen LogP contribution in [0.5, 0.6) is 0 Å². The Hall–Kier alpha value is -3.00. The predicted octanol–water partition coefficient (Wildman–Crippen LogP) is 3.11. The van der Waals surface area contributed by atoms with E-state index in [1.165, 1.54) is 0 Å². The number of imidazole rings is 1. The number of nitrogens with zero attached hydrogens (tertiary/aromatic N) is 6. The van der Waals surface area contributed by atoms with Crippen molar-refractivity contribution in [3.8, 4) is 11.1 Å². The summed E-state index contributed by atoms with van der Waals surface area (Å²) in [5.74, 6) is 1.32. The third-order valence-corrected chi connectivity index (χ3v) is 5.93. The van der Waals surface area contributed by atoms with Crippen molar-refractivity contribution in [1.29, 1.82) is 0 Å². The van der Waals surface area contributed by atoms with E-state index in [1.54, 1.807) is 0 Å². The molecule has 1 fully saturated rings. The minimum Gasteiger partial charge on any atom is -0.390 e. The summed E-state index contributed by atoms with van der Waals surface area (Å²) in [6.45, 7) is 4.02. The molecule has 5 rings (SSSR count). The summed E-state index contributed by atoms with van der Waals surface area (Å²) in [6.07, 6.45) is 13.9. The van der Waals surface area contributed by atoms with E-state index in [1.807, 2.05) is 46.7 Å². The van der Waals surface area contributed by atoms with Crippen LogP contribution in [0.3, 0.4) is 0 Å². The van der Waals surface area contributed by atoms with Gasteiger partial charge >= 0.3 is 0 Å². The number of rotatable bonds is 4. The Morgan fingerprint density at radius 2 is 1.97 bits per heavy atom. The molecule has 4 aromatic heterocycles. The fourth-order valence-electron chi connectivity index (χ4n) is 4.10. The third-order valence-electron chi connectivity index (χ3n) is 5.93. The highest BCUT2D eigenvalue weighted by Crippen LogP contribution is 2.29. The molecule has 4 aromatic rings. The molecule has 8 heteroatoms. The SMILES string of the molecule is CCc1cnc2ncc(-c3ccn4nc(N[C@H]5CC[C@@](C)(O)CC5)ncc34)cn12. The van der Waals surface area contributed by atoms with Crippen LogP contribution >= 0.6 is 0 Å². The molecule has 0 atom stereocenters. The molecule has 0 radical (unpaired) electrons. The summed E-state index contributed by atoms with van der Waals surface area (Å²) >= 11 is 0. The van der Waals surface area contributed by atoms with Crippen molar-refractivity contribution < 1.29 is 5.11 Å². The molecule has 8 nitrogen and oxygen atoms in total. The number of anilines is 1. The van der Waals surface area contributed by atoms with Gasteiger partial charge in [0.2, 0.25) is 11.7 Å². The molecule has 150 valence electrons. The summed E-state index contributed by atoms with van der Waals surface area (Å²) in [5.41, 5.74) is 3.57. The number of nitrogens with one attached hydrogen (secondary N) is 1. The van der Waals surface area contributed by atoms with Gasteiger partial charge in [-0.2, -0.15) is 0 Å². The Kier molecular flexibility index (Phi) is 4.24. The van der Waals surface area contributed by atoms with Crippen LogP contribution in [0.1, 0.15) is 45.2 Å². The standard InChI is InChI=1S/C21H25N7O/c1-3-16-11-24-20-23-10-14(13-27(16)20)17-6-9-28-18(17)12-22-19(26-28)25-15-4-7-21(2,29)8-5-15/h6,9-13,15,29H,3-5,7-8H2,1-2H3,(H,25,26)/t15-,21+. The predicted molar refractivity (Wildman–Crippen MR) is 111 cm³/mol. The van der Waals surface area contributed by atoms with E-state index in [4.69, 9.17) is 0 Å². The molecule has 0 aliphatic heterocycles. The van der Waals surface area contributed by atoms with Gasteiger partial charge in [-0.15, -0.1) is 5.10 Å². The fraction of sp³-hybridized carbons (Fsp3) is 0.429. The lowest BCUT2D eigenvalue weighted by molar-refractivity contribution is 0.0195. The van der Waals surface area contributed by atoms with Crippen LogP contribution in [-0.2, 0) is 6.42 Å². The largest absolute Gasteiger partial charge is 0.390 e. The van der Waals surface area contributed by atoms with E-state index >= 15 is 0 Å². The highest BCUT2D eigenvalue weighted by atomic mass is 16.3. The smallest absolute Gasteiger partial charge is 0.241 e. The molecule has 4 heterocycles. The third kappa shape index (κ3) is 3.33. The molecule has 1 aliphatic rings. The quantitative estimate of drug-likeness (QED) is 0.555. The fourth-order valence-corrected chi connectivity index (χ4v) is 4.10. The van der Waals surface area contributed by atoms with Crippen LogP contribution in [0.2, 0.25) is 0 Å². The van der Waals surface area contributed by atoms with Gasteiger partial charge in [0, 0.05) is 41.5 Å². The van der Waals surface area contributed by atoms with Gasteiger partial charge in [0.15, 0.2) is 0 Å². The Bertz CT molecular complexity index is 1170. The number of aryl methyl sites for hydroxylation is 1. The van der Waals surface area contributed by atoms with Crippen LogP contribution in [-0.4, -0.2) is 45.7 Å². The van der Waals surface area contributed by atoms with Crippen molar-refractivity contribution in [1.82, 2.24) is 29.0 Å². The zero-order valence-electron chi connectivity index (χ0n) is 16.7. The summed E-state index contributed by atoms with van der Waals surface area (Å²) in [6, 6.07) is 2.33. The van der Waals surface area contributed by atoms with Crippen molar-refractivity contribution >= 4 is 17.2 Å². The maximum absolute atomic E-state index is 10.1. The first-order chi connectivity index (χ1) is 14.0. The molecule has 0 bridgehead atoms. The van der Waals surface area contributed by atoms with E-state index < -0.39 is 5.60 Å². The first-order valence-corrected chi connectivity index (χ1v) is 10.2. The summed E-state index contributed by atoms with van der Waals surface area (Å²) in [5, 5.41) is 18.2. The van der Waals surface area contributed by atoms with Gasteiger partial charge < -0.3 is 10.4 Å². The Morgan fingerprint density at radius 1 is 1.17 bits per heavy atom. The van der Waals surface area contributed by atoms with E-state index in [9.17, 15) is 5.11 Å². The second-order valence-corrected chi connectivity index (χ2v) is 8.17. The van der Waals surface area contributed by atoms with Gasteiger partial charge in [-0.05, 0) is 45.1 Å². The molecule has 0 saturated heterocycles. The maximum atomic E-state index is 10.1. The molecule has 0 aromatic carbocycles. The van der Waals surface area contributed by atoms with E-state index in [-0.39, 0.29) is 0 Å². The average Bonchev–Trinajstić information content (AvgIpc) is 3.32. The molecule has 29 heavy (non-hydrogen) atoms. The van der Waals surface area contributed by atoms with Crippen LogP contribution in [0.25, 0.3) is 22.4 Å². The van der Waals surface area contributed by atoms with Crippen molar-refractivity contribution in [2.24, 2.45) is 0 Å². The normalized spacial score (nSPS) is 22.4. The summed E-state index contributed by atoms with van der Waals surface area (Å²) in [7, 11) is 0. The van der Waals surface area contributed by atoms with Crippen molar-refractivity contribution in [2.75, 3.05) is 5.32 Å². The molecule has 0 amide bonds. The number of aliphatic hydroxyl groups is 1. The molecule has 1 saturated carbocycles. The lowest BCUT2D eigenvalue weighted by Gasteiger charge is -2.33. The number of fused-ring (bicyclic) bond motifs is 2. The first kappa shape index (κ1) is 18.1. The van der Waals surface area contributed by atoms with Gasteiger partial charge in [-0.1, -0.05) is 6.92 Å². The first-order valence-electron chi connectivity index (χ1n) is 10.2. The van der Waals surface area contributed by atoms with Gasteiger partial charge in [0.1, 0.15) is 0 Å². The van der Waals surface area contributed by atoms with Crippen LogP contribution in [0.15, 0.2) is 37.1 Å². The molecule has 0 spiro atoms. The van der Waals surface area contributed by atoms with Gasteiger partial charge in [-0.25, -0.2) is 19.5 Å². The van der Waals surface area contributed by atoms with E-state index in [0.29, 0.717) is 17.8 Å². The molecular formula is C21H25N7O. The van der Waals surface area contributed by atoms with E-state index in [0.717, 1.165) is 54.4 Å². The number of hydrogen-bond donors (Lipinski definition) is 2. The lowest BCUT2D eigenvalue weighted by Crippen LogP contribution is -2.36. The monoisotopic (exact) mass is 391 g/mol. The van der Waals surface area contributed by atoms with Crippen molar-refractivity contribution in [3.63, 3.8) is 0 Å². The second kappa shape index (κ2) is 6.81. The molecule has 2 N–H and O–H groups in total. The molecular weight excluding hydrogens is 366 g/mol. The van der Waals surface area contributed by atoms with Gasteiger partial charge in [-0.3, -0.25) is 4.40 Å². The molecule has 0 unspecified atom stereocenters. The summed E-state index contributed by atoms with van der Waals surface area (Å²) < 4.78 is 3.89. The lowest BCUT2D eigenvalue weighted by atomic mass is 9.84. The van der Waals surface area contributed by atoms with Crippen LogP contribution in [0.4, 0.5) is 5.95 Å². The zero-order valence-corrected chi connectivity index (χ0v) is 16.7. The van der Waals surface area contributed by atoms with Gasteiger partial charge in [0.25, 0.3) is 0 Å². The zero-order chi connectivity index (χ0) is 20.0. The van der Waals surface area contributed by atoms with Crippen LogP contribution in [0, 0.1) is 0 Å². The number of hydrogen-bond acceptors (Lipinski definition) is 6. The Balaban J connectivity index is 1.42. The topological polar surface area (TPSA) is 92.6 Å². The van der Waals surface area contributed by atoms with Gasteiger partial charge in [0.05, 0.1) is 23.5 Å². The van der Waals surface area contributed by atoms with E-state index in [2.05, 4.69) is 38.5 Å². The highest BCUT2D eigenvalue weighted by molar-refractivity contribution is 5.79. The molecule has 1 aliphatic carbocycles. The highest BCUT2D eigenvalue weighted by Gasteiger charge is 2.28. The average molecular weight is 391 g/mol. The minimum atomic E-state index is -0.541. The van der Waals surface area contributed by atoms with Crippen molar-refractivity contribution in [3.05, 3.63) is 42.7 Å². The minimum absolute atomic E-state index is 0.294. The van der Waals surface area contributed by atoms with Crippen LogP contribution < -0.4 is 5.32 Å². The Labute approximate surface area is 168 Å². The Morgan fingerprint density at radius 3 is 2.76 bits per heavy atom.